The Morgan fingerprint density at radius 3 is 2.75 bits per heavy atom. The molecule has 0 radical (unpaired) electrons. The first-order valence-corrected chi connectivity index (χ1v) is 6.70. The Balaban J connectivity index is 1.89. The van der Waals surface area contributed by atoms with Crippen molar-refractivity contribution in [3.05, 3.63) is 0 Å². The van der Waals surface area contributed by atoms with Gasteiger partial charge in [-0.2, -0.15) is 0 Å². The third-order valence-electron chi connectivity index (χ3n) is 3.17. The molecule has 0 aromatic carbocycles. The van der Waals surface area contributed by atoms with Crippen molar-refractivity contribution < 1.29 is 9.59 Å². The van der Waals surface area contributed by atoms with Gasteiger partial charge in [-0.15, -0.1) is 11.8 Å². The molecule has 0 aromatic heterocycles. The summed E-state index contributed by atoms with van der Waals surface area (Å²) in [5, 5.41) is 0. The number of thioether (sulfide) groups is 1. The van der Waals surface area contributed by atoms with Crippen molar-refractivity contribution in [2.45, 2.75) is 25.1 Å². The molecule has 2 aliphatic rings. The molecule has 2 heterocycles. The molecule has 0 aromatic rings. The summed E-state index contributed by atoms with van der Waals surface area (Å²) in [5.41, 5.74) is 0. The summed E-state index contributed by atoms with van der Waals surface area (Å²) in [7, 11) is 0. The van der Waals surface area contributed by atoms with Crippen molar-refractivity contribution in [3.63, 3.8) is 0 Å². The highest BCUT2D eigenvalue weighted by atomic mass is 32.2. The van der Waals surface area contributed by atoms with E-state index in [0.29, 0.717) is 25.4 Å². The Bertz CT molecular complexity index is 300. The Morgan fingerprint density at radius 2 is 2.19 bits per heavy atom. The smallest absolute Gasteiger partial charge is 0.223 e. The van der Waals surface area contributed by atoms with E-state index in [2.05, 4.69) is 13.8 Å². The molecule has 0 atom stereocenters. The molecule has 0 unspecified atom stereocenters. The Hall–Kier alpha value is -0.710. The van der Waals surface area contributed by atoms with Crippen LogP contribution in [0.3, 0.4) is 0 Å². The van der Waals surface area contributed by atoms with Gasteiger partial charge in [0.15, 0.2) is 0 Å². The van der Waals surface area contributed by atoms with E-state index in [1.165, 1.54) is 0 Å². The molecule has 2 saturated heterocycles. The maximum Gasteiger partial charge on any atom is 0.223 e. The molecule has 4 nitrogen and oxygen atoms in total. The number of rotatable bonds is 3. The molecule has 2 rings (SSSR count). The van der Waals surface area contributed by atoms with Crippen molar-refractivity contribution in [1.82, 2.24) is 9.80 Å². The highest BCUT2D eigenvalue weighted by molar-refractivity contribution is 8.01. The van der Waals surface area contributed by atoms with Crippen molar-refractivity contribution in [1.29, 1.82) is 0 Å². The van der Waals surface area contributed by atoms with E-state index in [9.17, 15) is 9.59 Å². The van der Waals surface area contributed by atoms with E-state index in [-0.39, 0.29) is 10.8 Å². The lowest BCUT2D eigenvalue weighted by atomic mass is 10.0. The Kier molecular flexibility index (Phi) is 3.15. The fraction of sp³-hybridized carbons (Fsp3) is 0.818. The molecule has 2 aliphatic heterocycles. The molecular weight excluding hydrogens is 224 g/mol. The van der Waals surface area contributed by atoms with E-state index in [1.54, 1.807) is 11.8 Å². The molecular formula is C11H18N2O2S. The molecule has 2 amide bonds. The number of carbonyl (C=O) groups excluding carboxylic acids is 2. The second-order valence-electron chi connectivity index (χ2n) is 4.94. The van der Waals surface area contributed by atoms with Gasteiger partial charge in [-0.3, -0.25) is 9.59 Å². The molecule has 0 saturated carbocycles. The number of nitrogens with zero attached hydrogens (tertiary/aromatic N) is 2. The quantitative estimate of drug-likeness (QED) is 0.687. The average molecular weight is 242 g/mol. The average Bonchev–Trinajstić information content (AvgIpc) is 2.56. The zero-order chi connectivity index (χ0) is 11.8. The summed E-state index contributed by atoms with van der Waals surface area (Å²) in [6.45, 7) is 6.34. The van der Waals surface area contributed by atoms with Crippen molar-refractivity contribution in [2.75, 3.05) is 25.4 Å². The van der Waals surface area contributed by atoms with Crippen LogP contribution in [0.25, 0.3) is 0 Å². The zero-order valence-corrected chi connectivity index (χ0v) is 10.6. The van der Waals surface area contributed by atoms with Gasteiger partial charge in [0.1, 0.15) is 4.87 Å². The summed E-state index contributed by atoms with van der Waals surface area (Å²) in [6.07, 6.45) is 1.53. The second kappa shape index (κ2) is 4.28. The summed E-state index contributed by atoms with van der Waals surface area (Å²) >= 11 is 1.80. The first-order chi connectivity index (χ1) is 7.57. The van der Waals surface area contributed by atoms with Crippen LogP contribution in [0.2, 0.25) is 0 Å². The van der Waals surface area contributed by atoms with E-state index >= 15 is 0 Å². The number of amides is 2. The van der Waals surface area contributed by atoms with Gasteiger partial charge >= 0.3 is 0 Å². The van der Waals surface area contributed by atoms with E-state index in [0.717, 1.165) is 18.7 Å². The van der Waals surface area contributed by atoms with Crippen LogP contribution in [0.15, 0.2) is 0 Å². The largest absolute Gasteiger partial charge is 0.336 e. The summed E-state index contributed by atoms with van der Waals surface area (Å²) in [4.78, 5) is 26.3. The molecule has 2 fully saturated rings. The van der Waals surface area contributed by atoms with Gasteiger partial charge < -0.3 is 9.80 Å². The molecule has 0 bridgehead atoms. The number of hydrogen-bond acceptors (Lipinski definition) is 3. The van der Waals surface area contributed by atoms with Crippen molar-refractivity contribution in [3.8, 4) is 0 Å². The van der Waals surface area contributed by atoms with Crippen LogP contribution in [-0.4, -0.2) is 52.4 Å². The maximum absolute atomic E-state index is 11.8. The monoisotopic (exact) mass is 242 g/mol. The van der Waals surface area contributed by atoms with Crippen LogP contribution in [0.4, 0.5) is 0 Å². The first-order valence-electron chi connectivity index (χ1n) is 5.71. The third kappa shape index (κ3) is 1.93. The first kappa shape index (κ1) is 11.8. The number of likely N-dealkylation sites (tertiary alicyclic amines) is 1. The Labute approximate surface area is 100 Å². The van der Waals surface area contributed by atoms with E-state index in [1.807, 2.05) is 9.80 Å². The van der Waals surface area contributed by atoms with E-state index in [4.69, 9.17) is 0 Å². The predicted molar refractivity (Wildman–Crippen MR) is 64.0 cm³/mol. The van der Waals surface area contributed by atoms with Gasteiger partial charge in [-0.25, -0.2) is 0 Å². The van der Waals surface area contributed by atoms with Gasteiger partial charge in [0.05, 0.1) is 13.1 Å². The maximum atomic E-state index is 11.8. The minimum absolute atomic E-state index is 0.0889. The van der Waals surface area contributed by atoms with Gasteiger partial charge in [-0.1, -0.05) is 13.8 Å². The topological polar surface area (TPSA) is 40.6 Å². The van der Waals surface area contributed by atoms with Gasteiger partial charge in [0.25, 0.3) is 0 Å². The van der Waals surface area contributed by atoms with Crippen molar-refractivity contribution in [2.24, 2.45) is 5.92 Å². The lowest BCUT2D eigenvalue weighted by Gasteiger charge is -2.50. The van der Waals surface area contributed by atoms with Crippen LogP contribution >= 0.6 is 11.8 Å². The van der Waals surface area contributed by atoms with Gasteiger partial charge in [0, 0.05) is 18.7 Å². The second-order valence-corrected chi connectivity index (χ2v) is 6.40. The van der Waals surface area contributed by atoms with E-state index < -0.39 is 0 Å². The predicted octanol–water partition coefficient (Wildman–Crippen LogP) is 0.776. The number of carbonyl (C=O) groups is 2. The van der Waals surface area contributed by atoms with Crippen LogP contribution in [0.5, 0.6) is 0 Å². The fourth-order valence-electron chi connectivity index (χ4n) is 2.25. The molecule has 0 aliphatic carbocycles. The zero-order valence-electron chi connectivity index (χ0n) is 9.81. The van der Waals surface area contributed by atoms with Crippen LogP contribution < -0.4 is 0 Å². The van der Waals surface area contributed by atoms with Gasteiger partial charge in [-0.05, 0) is 5.92 Å². The molecule has 0 N–H and O–H groups in total. The SMILES string of the molecule is CC(C)CC(=O)N1CC2(C1)SCCN2C=O. The normalized spacial score (nSPS) is 22.7. The van der Waals surface area contributed by atoms with Crippen LogP contribution in [-0.2, 0) is 9.59 Å². The minimum Gasteiger partial charge on any atom is -0.336 e. The van der Waals surface area contributed by atoms with Crippen LogP contribution in [0, 0.1) is 5.92 Å². The minimum atomic E-state index is -0.0889. The number of hydrogen-bond donors (Lipinski definition) is 0. The lowest BCUT2D eigenvalue weighted by Crippen LogP contribution is -2.67. The highest BCUT2D eigenvalue weighted by Gasteiger charge is 2.52. The molecule has 16 heavy (non-hydrogen) atoms. The summed E-state index contributed by atoms with van der Waals surface area (Å²) in [6, 6.07) is 0. The lowest BCUT2D eigenvalue weighted by molar-refractivity contribution is -0.143. The third-order valence-corrected chi connectivity index (χ3v) is 4.58. The van der Waals surface area contributed by atoms with Crippen molar-refractivity contribution >= 4 is 24.1 Å². The fourth-order valence-corrected chi connectivity index (χ4v) is 3.71. The molecule has 5 heteroatoms. The summed E-state index contributed by atoms with van der Waals surface area (Å²) < 4.78 is 0. The highest BCUT2D eigenvalue weighted by Crippen LogP contribution is 2.42. The standard InChI is InChI=1S/C11H18N2O2S/c1-9(2)5-10(15)12-6-11(7-12)13(8-14)3-4-16-11/h8-9H,3-7H2,1-2H3. The Morgan fingerprint density at radius 1 is 1.50 bits per heavy atom. The van der Waals surface area contributed by atoms with Gasteiger partial charge in [0.2, 0.25) is 12.3 Å². The molecule has 90 valence electrons. The summed E-state index contributed by atoms with van der Waals surface area (Å²) in [5.74, 6) is 1.62. The molecule has 1 spiro atoms. The van der Waals surface area contributed by atoms with Crippen LogP contribution in [0.1, 0.15) is 20.3 Å².